The summed E-state index contributed by atoms with van der Waals surface area (Å²) in [6.07, 6.45) is 3.46. The van der Waals surface area contributed by atoms with Crippen LogP contribution in [0.3, 0.4) is 0 Å². The van der Waals surface area contributed by atoms with Gasteiger partial charge in [-0.05, 0) is 13.0 Å². The first-order valence-corrected chi connectivity index (χ1v) is 5.36. The third-order valence-electron chi connectivity index (χ3n) is 2.66. The zero-order valence-corrected chi connectivity index (χ0v) is 9.90. The number of nitrogens with one attached hydrogen (secondary N) is 2. The predicted molar refractivity (Wildman–Crippen MR) is 65.5 cm³/mol. The fourth-order valence-electron chi connectivity index (χ4n) is 1.83. The van der Waals surface area contributed by atoms with Gasteiger partial charge in [0.25, 0.3) is 0 Å². The van der Waals surface area contributed by atoms with Crippen LogP contribution in [0.4, 0.5) is 0 Å². The minimum atomic E-state index is -0.208. The van der Waals surface area contributed by atoms with Gasteiger partial charge in [0.2, 0.25) is 0 Å². The highest BCUT2D eigenvalue weighted by Gasteiger charge is 2.18. The molecular formula is C12H16N4O. The van der Waals surface area contributed by atoms with Crippen molar-refractivity contribution in [2.75, 3.05) is 7.11 Å². The molecule has 1 aromatic heterocycles. The summed E-state index contributed by atoms with van der Waals surface area (Å²) in [6, 6.07) is 5.75. The van der Waals surface area contributed by atoms with E-state index in [0.29, 0.717) is 0 Å². The monoisotopic (exact) mass is 232 g/mol. The molecule has 0 saturated carbocycles. The van der Waals surface area contributed by atoms with Gasteiger partial charge in [0.05, 0.1) is 7.11 Å². The summed E-state index contributed by atoms with van der Waals surface area (Å²) in [6.45, 7) is 2.03. The van der Waals surface area contributed by atoms with Gasteiger partial charge in [-0.3, -0.25) is 5.84 Å². The quantitative estimate of drug-likeness (QED) is 0.548. The van der Waals surface area contributed by atoms with Crippen LogP contribution in [0.2, 0.25) is 0 Å². The number of aromatic nitrogens is 2. The summed E-state index contributed by atoms with van der Waals surface area (Å²) in [5.74, 6) is 7.15. The molecule has 0 bridgehead atoms. The third-order valence-corrected chi connectivity index (χ3v) is 2.66. The van der Waals surface area contributed by atoms with E-state index in [-0.39, 0.29) is 6.04 Å². The van der Waals surface area contributed by atoms with E-state index in [2.05, 4.69) is 15.4 Å². The number of hydrogen-bond donors (Lipinski definition) is 3. The number of methoxy groups -OCH3 is 1. The molecule has 1 atom stereocenters. The highest BCUT2D eigenvalue weighted by Crippen LogP contribution is 2.28. The molecule has 0 aliphatic heterocycles. The standard InChI is InChI=1S/C12H16N4O/c1-8-3-4-10(17-2)9(7-8)11(16-13)12-14-5-6-15-12/h3-7,11,16H,13H2,1-2H3,(H,14,15). The van der Waals surface area contributed by atoms with Crippen LogP contribution in [-0.4, -0.2) is 17.1 Å². The van der Waals surface area contributed by atoms with Crippen molar-refractivity contribution < 1.29 is 4.74 Å². The van der Waals surface area contributed by atoms with Gasteiger partial charge in [0.15, 0.2) is 0 Å². The van der Waals surface area contributed by atoms with Gasteiger partial charge in [-0.25, -0.2) is 10.4 Å². The Labute approximate surface area is 100.0 Å². The smallest absolute Gasteiger partial charge is 0.129 e. The van der Waals surface area contributed by atoms with Crippen molar-refractivity contribution in [3.8, 4) is 5.75 Å². The van der Waals surface area contributed by atoms with Crippen molar-refractivity contribution in [3.63, 3.8) is 0 Å². The van der Waals surface area contributed by atoms with Gasteiger partial charge in [0, 0.05) is 18.0 Å². The maximum absolute atomic E-state index is 5.60. The first kappa shape index (κ1) is 11.6. The summed E-state index contributed by atoms with van der Waals surface area (Å²) in [7, 11) is 1.64. The van der Waals surface area contributed by atoms with Gasteiger partial charge < -0.3 is 9.72 Å². The van der Waals surface area contributed by atoms with Crippen LogP contribution < -0.4 is 16.0 Å². The topological polar surface area (TPSA) is 76.0 Å². The zero-order valence-electron chi connectivity index (χ0n) is 9.90. The summed E-state index contributed by atoms with van der Waals surface area (Å²) < 4.78 is 5.34. The van der Waals surface area contributed by atoms with Crippen molar-refractivity contribution in [2.45, 2.75) is 13.0 Å². The van der Waals surface area contributed by atoms with Crippen LogP contribution in [0.1, 0.15) is 23.0 Å². The summed E-state index contributed by atoms with van der Waals surface area (Å²) >= 11 is 0. The average molecular weight is 232 g/mol. The fourth-order valence-corrected chi connectivity index (χ4v) is 1.83. The molecule has 1 heterocycles. The van der Waals surface area contributed by atoms with E-state index in [1.54, 1.807) is 19.5 Å². The Morgan fingerprint density at radius 1 is 1.47 bits per heavy atom. The van der Waals surface area contributed by atoms with Crippen molar-refractivity contribution in [3.05, 3.63) is 47.5 Å². The Morgan fingerprint density at radius 3 is 2.88 bits per heavy atom. The number of imidazole rings is 1. The highest BCUT2D eigenvalue weighted by molar-refractivity contribution is 5.41. The molecule has 0 radical (unpaired) electrons. The zero-order chi connectivity index (χ0) is 12.3. The van der Waals surface area contributed by atoms with Crippen molar-refractivity contribution in [2.24, 2.45) is 5.84 Å². The molecule has 5 heteroatoms. The average Bonchev–Trinajstić information content (AvgIpc) is 2.84. The number of H-pyrrole nitrogens is 1. The minimum Gasteiger partial charge on any atom is -0.496 e. The van der Waals surface area contributed by atoms with Crippen LogP contribution in [0.5, 0.6) is 5.75 Å². The van der Waals surface area contributed by atoms with E-state index in [4.69, 9.17) is 10.6 Å². The Kier molecular flexibility index (Phi) is 3.41. The third kappa shape index (κ3) is 2.30. The molecule has 0 fully saturated rings. The highest BCUT2D eigenvalue weighted by atomic mass is 16.5. The molecule has 1 aromatic carbocycles. The lowest BCUT2D eigenvalue weighted by atomic mass is 10.0. The van der Waals surface area contributed by atoms with Crippen LogP contribution in [0, 0.1) is 6.92 Å². The number of nitrogens with two attached hydrogens (primary N) is 1. The van der Waals surface area contributed by atoms with Gasteiger partial charge in [-0.15, -0.1) is 0 Å². The number of aromatic amines is 1. The van der Waals surface area contributed by atoms with E-state index < -0.39 is 0 Å². The molecule has 17 heavy (non-hydrogen) atoms. The molecule has 1 unspecified atom stereocenters. The number of ether oxygens (including phenoxy) is 1. The van der Waals surface area contributed by atoms with Crippen LogP contribution >= 0.6 is 0 Å². The van der Waals surface area contributed by atoms with Gasteiger partial charge >= 0.3 is 0 Å². The lowest BCUT2D eigenvalue weighted by Gasteiger charge is -2.17. The van der Waals surface area contributed by atoms with E-state index in [1.165, 1.54) is 0 Å². The van der Waals surface area contributed by atoms with E-state index >= 15 is 0 Å². The lowest BCUT2D eigenvalue weighted by molar-refractivity contribution is 0.403. The minimum absolute atomic E-state index is 0.208. The van der Waals surface area contributed by atoms with Crippen LogP contribution in [-0.2, 0) is 0 Å². The molecule has 0 amide bonds. The molecule has 0 aliphatic rings. The summed E-state index contributed by atoms with van der Waals surface area (Å²) in [5, 5.41) is 0. The number of benzene rings is 1. The molecule has 90 valence electrons. The molecule has 2 rings (SSSR count). The van der Waals surface area contributed by atoms with Crippen molar-refractivity contribution in [1.82, 2.24) is 15.4 Å². The van der Waals surface area contributed by atoms with Crippen LogP contribution in [0.25, 0.3) is 0 Å². The van der Waals surface area contributed by atoms with Gasteiger partial charge in [0.1, 0.15) is 17.6 Å². The molecule has 0 spiro atoms. The number of hydrogen-bond acceptors (Lipinski definition) is 4. The number of aryl methyl sites for hydroxylation is 1. The molecule has 2 aromatic rings. The fraction of sp³-hybridized carbons (Fsp3) is 0.250. The number of rotatable bonds is 4. The van der Waals surface area contributed by atoms with E-state index in [0.717, 1.165) is 22.7 Å². The SMILES string of the molecule is COc1ccc(C)cc1C(NN)c1ncc[nH]1. The van der Waals surface area contributed by atoms with E-state index in [1.807, 2.05) is 25.1 Å². The molecule has 0 saturated heterocycles. The van der Waals surface area contributed by atoms with Crippen molar-refractivity contribution >= 4 is 0 Å². The molecule has 5 nitrogen and oxygen atoms in total. The normalized spacial score (nSPS) is 12.4. The maximum atomic E-state index is 5.60. The van der Waals surface area contributed by atoms with E-state index in [9.17, 15) is 0 Å². The largest absolute Gasteiger partial charge is 0.496 e. The first-order chi connectivity index (χ1) is 8.26. The molecule has 0 aliphatic carbocycles. The Bertz CT molecular complexity index is 481. The maximum Gasteiger partial charge on any atom is 0.129 e. The lowest BCUT2D eigenvalue weighted by Crippen LogP contribution is -2.30. The number of nitrogens with zero attached hydrogens (tertiary/aromatic N) is 1. The molecule has 4 N–H and O–H groups in total. The first-order valence-electron chi connectivity index (χ1n) is 5.36. The second-order valence-electron chi connectivity index (χ2n) is 3.82. The second-order valence-corrected chi connectivity index (χ2v) is 3.82. The Morgan fingerprint density at radius 2 is 2.29 bits per heavy atom. The van der Waals surface area contributed by atoms with Crippen LogP contribution in [0.15, 0.2) is 30.6 Å². The Balaban J connectivity index is 2.46. The Hall–Kier alpha value is -1.85. The summed E-state index contributed by atoms with van der Waals surface area (Å²) in [5.41, 5.74) is 4.86. The second kappa shape index (κ2) is 4.99. The summed E-state index contributed by atoms with van der Waals surface area (Å²) in [4.78, 5) is 7.26. The molecular weight excluding hydrogens is 216 g/mol. The van der Waals surface area contributed by atoms with Gasteiger partial charge in [-0.2, -0.15) is 0 Å². The predicted octanol–water partition coefficient (Wildman–Crippen LogP) is 1.28. The van der Waals surface area contributed by atoms with Crippen molar-refractivity contribution in [1.29, 1.82) is 0 Å². The number of hydrazine groups is 1. The van der Waals surface area contributed by atoms with Gasteiger partial charge in [-0.1, -0.05) is 17.7 Å².